The van der Waals surface area contributed by atoms with E-state index in [0.29, 0.717) is 0 Å². The molecular weight excluding hydrogens is 268 g/mol. The van der Waals surface area contributed by atoms with Crippen molar-refractivity contribution in [3.8, 4) is 0 Å². The Morgan fingerprint density at radius 2 is 2.30 bits per heavy atom. The van der Waals surface area contributed by atoms with E-state index in [2.05, 4.69) is 41.8 Å². The highest BCUT2D eigenvalue weighted by atomic mass is 32.1. The summed E-state index contributed by atoms with van der Waals surface area (Å²) in [5, 5.41) is 7.71. The molecule has 1 aliphatic heterocycles. The number of hydrogen-bond acceptors (Lipinski definition) is 3. The predicted molar refractivity (Wildman–Crippen MR) is 84.1 cm³/mol. The number of fused-ring (bicyclic) bond motifs is 3. The first kappa shape index (κ1) is 13.6. The van der Waals surface area contributed by atoms with Gasteiger partial charge in [0.1, 0.15) is 0 Å². The standard InChI is InChI=1S/C16H20N2OS/c1-2-3-8-17-16(19)13-9-12-11-6-4-5-7-14(11)20-15(12)10-18-13/h4-7,13,18H,2-3,8-10H2,1H3,(H,17,19)/t13-/m1/s1. The van der Waals surface area contributed by atoms with Gasteiger partial charge in [0.25, 0.3) is 0 Å². The van der Waals surface area contributed by atoms with Crippen LogP contribution in [-0.2, 0) is 17.8 Å². The number of rotatable bonds is 4. The number of nitrogens with one attached hydrogen (secondary N) is 2. The van der Waals surface area contributed by atoms with Gasteiger partial charge in [-0.3, -0.25) is 4.79 Å². The molecule has 2 N–H and O–H groups in total. The van der Waals surface area contributed by atoms with Gasteiger partial charge in [-0.25, -0.2) is 0 Å². The number of amides is 1. The molecule has 0 radical (unpaired) electrons. The fourth-order valence-electron chi connectivity index (χ4n) is 2.71. The summed E-state index contributed by atoms with van der Waals surface area (Å²) < 4.78 is 1.33. The molecule has 1 aromatic heterocycles. The second-order valence-corrected chi connectivity index (χ2v) is 6.42. The van der Waals surface area contributed by atoms with Crippen molar-refractivity contribution in [3.05, 3.63) is 34.7 Å². The topological polar surface area (TPSA) is 41.1 Å². The summed E-state index contributed by atoms with van der Waals surface area (Å²) in [5.41, 5.74) is 1.36. The lowest BCUT2D eigenvalue weighted by molar-refractivity contribution is -0.123. The summed E-state index contributed by atoms with van der Waals surface area (Å²) in [6.07, 6.45) is 2.96. The van der Waals surface area contributed by atoms with E-state index in [1.165, 1.54) is 20.5 Å². The van der Waals surface area contributed by atoms with Crippen LogP contribution in [0.4, 0.5) is 0 Å². The maximum atomic E-state index is 12.2. The van der Waals surface area contributed by atoms with E-state index in [4.69, 9.17) is 0 Å². The molecule has 2 aromatic rings. The molecule has 0 spiro atoms. The average molecular weight is 288 g/mol. The minimum Gasteiger partial charge on any atom is -0.355 e. The van der Waals surface area contributed by atoms with Crippen LogP contribution in [0.2, 0.25) is 0 Å². The quantitative estimate of drug-likeness (QED) is 0.849. The third-order valence-electron chi connectivity index (χ3n) is 3.85. The van der Waals surface area contributed by atoms with Gasteiger partial charge in [0.05, 0.1) is 6.04 Å². The zero-order valence-corrected chi connectivity index (χ0v) is 12.6. The van der Waals surface area contributed by atoms with Crippen LogP contribution in [0, 0.1) is 0 Å². The number of benzene rings is 1. The second kappa shape index (κ2) is 5.94. The summed E-state index contributed by atoms with van der Waals surface area (Å²) >= 11 is 1.84. The molecule has 20 heavy (non-hydrogen) atoms. The molecule has 0 fully saturated rings. The fourth-order valence-corrected chi connectivity index (χ4v) is 3.89. The molecule has 2 heterocycles. The van der Waals surface area contributed by atoms with Crippen LogP contribution in [0.3, 0.4) is 0 Å². The van der Waals surface area contributed by atoms with Gasteiger partial charge in [-0.2, -0.15) is 0 Å². The molecule has 0 saturated carbocycles. The van der Waals surface area contributed by atoms with Gasteiger partial charge >= 0.3 is 0 Å². The highest BCUT2D eigenvalue weighted by Gasteiger charge is 2.26. The van der Waals surface area contributed by atoms with E-state index < -0.39 is 0 Å². The van der Waals surface area contributed by atoms with Crippen molar-refractivity contribution >= 4 is 27.3 Å². The number of carbonyl (C=O) groups is 1. The van der Waals surface area contributed by atoms with E-state index in [1.807, 2.05) is 11.3 Å². The average Bonchev–Trinajstić information content (AvgIpc) is 2.85. The number of carbonyl (C=O) groups excluding carboxylic acids is 1. The van der Waals surface area contributed by atoms with E-state index in [1.54, 1.807) is 0 Å². The van der Waals surface area contributed by atoms with Crippen LogP contribution < -0.4 is 10.6 Å². The van der Waals surface area contributed by atoms with E-state index in [-0.39, 0.29) is 11.9 Å². The second-order valence-electron chi connectivity index (χ2n) is 5.28. The molecule has 1 atom stereocenters. The summed E-state index contributed by atoms with van der Waals surface area (Å²) in [6, 6.07) is 8.40. The highest BCUT2D eigenvalue weighted by Crippen LogP contribution is 2.34. The van der Waals surface area contributed by atoms with Crippen molar-refractivity contribution in [2.45, 2.75) is 38.8 Å². The lowest BCUT2D eigenvalue weighted by Gasteiger charge is -2.23. The summed E-state index contributed by atoms with van der Waals surface area (Å²) in [6.45, 7) is 3.72. The van der Waals surface area contributed by atoms with Crippen molar-refractivity contribution in [1.82, 2.24) is 10.6 Å². The summed E-state index contributed by atoms with van der Waals surface area (Å²) in [4.78, 5) is 13.5. The van der Waals surface area contributed by atoms with Crippen molar-refractivity contribution in [1.29, 1.82) is 0 Å². The maximum absolute atomic E-state index is 12.2. The van der Waals surface area contributed by atoms with Gasteiger partial charge in [-0.1, -0.05) is 31.5 Å². The van der Waals surface area contributed by atoms with Gasteiger partial charge < -0.3 is 10.6 Å². The van der Waals surface area contributed by atoms with Crippen molar-refractivity contribution < 1.29 is 4.79 Å². The van der Waals surface area contributed by atoms with Gasteiger partial charge in [0, 0.05) is 22.7 Å². The Morgan fingerprint density at radius 1 is 1.45 bits per heavy atom. The third kappa shape index (κ3) is 2.58. The van der Waals surface area contributed by atoms with Crippen molar-refractivity contribution in [2.24, 2.45) is 0 Å². The van der Waals surface area contributed by atoms with E-state index >= 15 is 0 Å². The Balaban J connectivity index is 1.76. The van der Waals surface area contributed by atoms with E-state index in [9.17, 15) is 4.79 Å². The Hall–Kier alpha value is -1.39. The van der Waals surface area contributed by atoms with Crippen LogP contribution in [0.15, 0.2) is 24.3 Å². The minimum atomic E-state index is -0.0858. The van der Waals surface area contributed by atoms with Crippen LogP contribution in [0.1, 0.15) is 30.2 Å². The Kier molecular flexibility index (Phi) is 4.03. The third-order valence-corrected chi connectivity index (χ3v) is 5.06. The van der Waals surface area contributed by atoms with E-state index in [0.717, 1.165) is 32.4 Å². The Bertz CT molecular complexity index is 620. The highest BCUT2D eigenvalue weighted by molar-refractivity contribution is 7.19. The molecule has 4 heteroatoms. The van der Waals surface area contributed by atoms with Gasteiger partial charge in [-0.05, 0) is 29.9 Å². The maximum Gasteiger partial charge on any atom is 0.237 e. The molecule has 1 amide bonds. The lowest BCUT2D eigenvalue weighted by Crippen LogP contribution is -2.47. The summed E-state index contributed by atoms with van der Waals surface area (Å²) in [5.74, 6) is 0.138. The molecule has 3 rings (SSSR count). The Morgan fingerprint density at radius 3 is 3.15 bits per heavy atom. The molecule has 106 valence electrons. The first-order valence-corrected chi connectivity index (χ1v) is 8.11. The monoisotopic (exact) mass is 288 g/mol. The summed E-state index contributed by atoms with van der Waals surface area (Å²) in [7, 11) is 0. The normalized spacial score (nSPS) is 17.9. The first-order valence-electron chi connectivity index (χ1n) is 7.30. The molecule has 0 saturated heterocycles. The van der Waals surface area contributed by atoms with Gasteiger partial charge in [0.15, 0.2) is 0 Å². The zero-order valence-electron chi connectivity index (χ0n) is 11.7. The van der Waals surface area contributed by atoms with Gasteiger partial charge in [-0.15, -0.1) is 11.3 Å². The predicted octanol–water partition coefficient (Wildman–Crippen LogP) is 2.83. The lowest BCUT2D eigenvalue weighted by atomic mass is 9.98. The fraction of sp³-hybridized carbons (Fsp3) is 0.438. The first-order chi connectivity index (χ1) is 9.79. The molecule has 0 bridgehead atoms. The van der Waals surface area contributed by atoms with Crippen molar-refractivity contribution in [3.63, 3.8) is 0 Å². The largest absolute Gasteiger partial charge is 0.355 e. The Labute approximate surface area is 123 Å². The number of hydrogen-bond donors (Lipinski definition) is 2. The van der Waals surface area contributed by atoms with Crippen LogP contribution >= 0.6 is 11.3 Å². The molecule has 1 aromatic carbocycles. The molecule has 0 unspecified atom stereocenters. The zero-order chi connectivity index (χ0) is 13.9. The minimum absolute atomic E-state index is 0.0858. The molecule has 1 aliphatic rings. The molecule has 0 aliphatic carbocycles. The SMILES string of the molecule is CCCCNC(=O)[C@H]1Cc2c(sc3ccccc23)CN1. The number of thiophene rings is 1. The molecule has 3 nitrogen and oxygen atoms in total. The van der Waals surface area contributed by atoms with Gasteiger partial charge in [0.2, 0.25) is 5.91 Å². The smallest absolute Gasteiger partial charge is 0.237 e. The number of unbranched alkanes of at least 4 members (excludes halogenated alkanes) is 1. The van der Waals surface area contributed by atoms with Crippen LogP contribution in [0.5, 0.6) is 0 Å². The van der Waals surface area contributed by atoms with Crippen LogP contribution in [0.25, 0.3) is 10.1 Å². The molecular formula is C16H20N2OS. The van der Waals surface area contributed by atoms with Crippen LogP contribution in [-0.4, -0.2) is 18.5 Å². The van der Waals surface area contributed by atoms with Crippen molar-refractivity contribution in [2.75, 3.05) is 6.54 Å².